The standard InChI is InChI=1S/C19H19FN4O2S.ClH/c1-26-17-5-2-11(6-14(17)20)15-9-24-16(10-27-19(24)22-15)18(25)23-7-12-3-4-13(8-23)21-12;/h2,5-6,9-10,12-13,21H,3-4,7-8H2,1H3;1H/t12-,13+;. The van der Waals surface area contributed by atoms with Gasteiger partial charge in [0, 0.05) is 42.3 Å². The van der Waals surface area contributed by atoms with Crippen LogP contribution in [0.3, 0.4) is 0 Å². The number of carbonyl (C=O) groups excluding carboxylic acids is 1. The Morgan fingerprint density at radius 2 is 2.07 bits per heavy atom. The normalized spacial score (nSPS) is 21.0. The number of rotatable bonds is 3. The summed E-state index contributed by atoms with van der Waals surface area (Å²) in [5.41, 5.74) is 1.91. The van der Waals surface area contributed by atoms with E-state index in [0.29, 0.717) is 29.0 Å². The number of thiazole rings is 1. The molecule has 0 spiro atoms. The summed E-state index contributed by atoms with van der Waals surface area (Å²) in [5.74, 6) is -0.201. The van der Waals surface area contributed by atoms with E-state index in [0.717, 1.165) is 30.9 Å². The number of carbonyl (C=O) groups is 1. The van der Waals surface area contributed by atoms with Gasteiger partial charge >= 0.3 is 0 Å². The van der Waals surface area contributed by atoms with E-state index in [2.05, 4.69) is 10.3 Å². The highest BCUT2D eigenvalue weighted by molar-refractivity contribution is 7.15. The Balaban J connectivity index is 0.00000192. The second-order valence-corrected chi connectivity index (χ2v) is 7.93. The average molecular weight is 423 g/mol. The smallest absolute Gasteiger partial charge is 0.271 e. The van der Waals surface area contributed by atoms with E-state index < -0.39 is 5.82 Å². The van der Waals surface area contributed by atoms with E-state index in [4.69, 9.17) is 4.74 Å². The van der Waals surface area contributed by atoms with Crippen LogP contribution in [0.1, 0.15) is 23.3 Å². The van der Waals surface area contributed by atoms with Crippen molar-refractivity contribution in [2.45, 2.75) is 24.9 Å². The number of hydrogen-bond donors (Lipinski definition) is 1. The summed E-state index contributed by atoms with van der Waals surface area (Å²) < 4.78 is 20.8. The third kappa shape index (κ3) is 3.15. The van der Waals surface area contributed by atoms with Crippen molar-refractivity contribution in [2.75, 3.05) is 20.2 Å². The summed E-state index contributed by atoms with van der Waals surface area (Å²) >= 11 is 1.42. The maximum Gasteiger partial charge on any atom is 0.271 e. The minimum Gasteiger partial charge on any atom is -0.494 e. The number of aromatic nitrogens is 2. The van der Waals surface area contributed by atoms with E-state index in [1.165, 1.54) is 24.5 Å². The van der Waals surface area contributed by atoms with Crippen LogP contribution in [0.4, 0.5) is 4.39 Å². The van der Waals surface area contributed by atoms with Crippen molar-refractivity contribution in [1.29, 1.82) is 0 Å². The van der Waals surface area contributed by atoms with Crippen LogP contribution in [0.25, 0.3) is 16.2 Å². The van der Waals surface area contributed by atoms with E-state index in [1.807, 2.05) is 14.7 Å². The lowest BCUT2D eigenvalue weighted by Gasteiger charge is -2.32. The van der Waals surface area contributed by atoms with E-state index in [1.54, 1.807) is 18.3 Å². The second-order valence-electron chi connectivity index (χ2n) is 7.10. The molecule has 0 unspecified atom stereocenters. The van der Waals surface area contributed by atoms with Crippen LogP contribution < -0.4 is 10.1 Å². The molecule has 2 aromatic heterocycles. The molecule has 28 heavy (non-hydrogen) atoms. The lowest BCUT2D eigenvalue weighted by molar-refractivity contribution is 0.0691. The van der Waals surface area contributed by atoms with Crippen molar-refractivity contribution in [3.8, 4) is 17.0 Å². The Kier molecular flexibility index (Phi) is 5.03. The third-order valence-electron chi connectivity index (χ3n) is 5.38. The molecule has 1 N–H and O–H groups in total. The molecule has 2 saturated heterocycles. The molecule has 2 bridgehead atoms. The topological polar surface area (TPSA) is 58.9 Å². The Hall–Kier alpha value is -2.16. The van der Waals surface area contributed by atoms with Crippen LogP contribution in [0, 0.1) is 5.82 Å². The number of ether oxygens (including phenoxy) is 1. The van der Waals surface area contributed by atoms with Crippen LogP contribution in [-0.2, 0) is 0 Å². The maximum absolute atomic E-state index is 14.0. The van der Waals surface area contributed by atoms with Crippen molar-refractivity contribution < 1.29 is 13.9 Å². The molecule has 2 aliphatic rings. The van der Waals surface area contributed by atoms with Gasteiger partial charge in [-0.3, -0.25) is 9.20 Å². The molecule has 148 valence electrons. The van der Waals surface area contributed by atoms with Gasteiger partial charge in [-0.15, -0.1) is 23.7 Å². The van der Waals surface area contributed by atoms with Crippen LogP contribution in [0.5, 0.6) is 5.75 Å². The number of benzene rings is 1. The van der Waals surface area contributed by atoms with Gasteiger partial charge in [-0.05, 0) is 31.0 Å². The Morgan fingerprint density at radius 1 is 1.32 bits per heavy atom. The Bertz CT molecular complexity index is 1020. The molecule has 1 aromatic carbocycles. The fourth-order valence-corrected chi connectivity index (χ4v) is 4.87. The fraction of sp³-hybridized carbons (Fsp3) is 0.368. The van der Waals surface area contributed by atoms with E-state index >= 15 is 0 Å². The van der Waals surface area contributed by atoms with Gasteiger partial charge in [0.2, 0.25) is 0 Å². The molecule has 0 saturated carbocycles. The van der Waals surface area contributed by atoms with Gasteiger partial charge in [0.1, 0.15) is 5.69 Å². The molecular weight excluding hydrogens is 403 g/mol. The monoisotopic (exact) mass is 422 g/mol. The van der Waals surface area contributed by atoms with Gasteiger partial charge in [-0.25, -0.2) is 9.37 Å². The highest BCUT2D eigenvalue weighted by atomic mass is 35.5. The molecular formula is C19H20ClFN4O2S. The summed E-state index contributed by atoms with van der Waals surface area (Å²) in [5, 5.41) is 5.40. The first kappa shape index (κ1) is 19.2. The first-order chi connectivity index (χ1) is 13.1. The predicted octanol–water partition coefficient (Wildman–Crippen LogP) is 3.21. The second kappa shape index (κ2) is 7.35. The van der Waals surface area contributed by atoms with Crippen molar-refractivity contribution in [2.24, 2.45) is 0 Å². The Morgan fingerprint density at radius 3 is 2.75 bits per heavy atom. The fourth-order valence-electron chi connectivity index (χ4n) is 4.03. The van der Waals surface area contributed by atoms with E-state index in [-0.39, 0.29) is 24.1 Å². The van der Waals surface area contributed by atoms with Gasteiger partial charge in [-0.2, -0.15) is 0 Å². The number of imidazole rings is 1. The van der Waals surface area contributed by atoms with Gasteiger partial charge in [0.25, 0.3) is 5.91 Å². The lowest BCUT2D eigenvalue weighted by Crippen LogP contribution is -2.53. The zero-order valence-electron chi connectivity index (χ0n) is 15.2. The SMILES string of the molecule is COc1ccc(-c2cn3c(C(=O)N4C[C@H]5CC[C@@H](C4)N5)csc3n2)cc1F.Cl. The van der Waals surface area contributed by atoms with Crippen molar-refractivity contribution in [3.63, 3.8) is 0 Å². The predicted molar refractivity (Wildman–Crippen MR) is 108 cm³/mol. The molecule has 4 heterocycles. The van der Waals surface area contributed by atoms with Gasteiger partial charge in [0.05, 0.1) is 12.8 Å². The third-order valence-corrected chi connectivity index (χ3v) is 6.22. The highest BCUT2D eigenvalue weighted by Crippen LogP contribution is 2.28. The average Bonchev–Trinajstić information content (AvgIpc) is 3.35. The minimum atomic E-state index is -0.432. The minimum absolute atomic E-state index is 0. The molecule has 9 heteroatoms. The molecule has 3 aromatic rings. The van der Waals surface area contributed by atoms with Gasteiger partial charge in [0.15, 0.2) is 16.5 Å². The number of methoxy groups -OCH3 is 1. The first-order valence-corrected chi connectivity index (χ1v) is 9.86. The molecule has 1 amide bonds. The van der Waals surface area contributed by atoms with E-state index in [9.17, 15) is 9.18 Å². The molecule has 0 radical (unpaired) electrons. The van der Waals surface area contributed by atoms with Crippen molar-refractivity contribution in [3.05, 3.63) is 41.3 Å². The summed E-state index contributed by atoms with van der Waals surface area (Å²) in [4.78, 5) is 20.3. The Labute approximate surface area is 171 Å². The van der Waals surface area contributed by atoms with Crippen molar-refractivity contribution >= 4 is 34.6 Å². The number of piperazine rings is 1. The number of nitrogens with zero attached hydrogens (tertiary/aromatic N) is 3. The summed E-state index contributed by atoms with van der Waals surface area (Å²) in [6, 6.07) is 5.57. The molecule has 6 nitrogen and oxygen atoms in total. The van der Waals surface area contributed by atoms with Crippen LogP contribution >= 0.6 is 23.7 Å². The number of amides is 1. The zero-order valence-corrected chi connectivity index (χ0v) is 16.9. The van der Waals surface area contributed by atoms with Crippen LogP contribution in [-0.4, -0.2) is 52.5 Å². The number of fused-ring (bicyclic) bond motifs is 3. The number of halogens is 2. The summed E-state index contributed by atoms with van der Waals surface area (Å²) in [7, 11) is 1.44. The van der Waals surface area contributed by atoms with Gasteiger partial charge in [-0.1, -0.05) is 0 Å². The molecule has 2 aliphatic heterocycles. The number of nitrogens with one attached hydrogen (secondary N) is 1. The molecule has 5 rings (SSSR count). The lowest BCUT2D eigenvalue weighted by atomic mass is 10.1. The quantitative estimate of drug-likeness (QED) is 0.704. The molecule has 2 atom stereocenters. The van der Waals surface area contributed by atoms with Crippen LogP contribution in [0.2, 0.25) is 0 Å². The summed E-state index contributed by atoms with van der Waals surface area (Å²) in [6.07, 6.45) is 4.06. The van der Waals surface area contributed by atoms with Crippen molar-refractivity contribution in [1.82, 2.24) is 19.6 Å². The van der Waals surface area contributed by atoms with Gasteiger partial charge < -0.3 is 15.0 Å². The number of hydrogen-bond acceptors (Lipinski definition) is 5. The highest BCUT2D eigenvalue weighted by Gasteiger charge is 2.35. The molecule has 0 aliphatic carbocycles. The summed E-state index contributed by atoms with van der Waals surface area (Å²) in [6.45, 7) is 1.50. The largest absolute Gasteiger partial charge is 0.494 e. The maximum atomic E-state index is 14.0. The zero-order chi connectivity index (χ0) is 18.5. The van der Waals surface area contributed by atoms with Crippen LogP contribution in [0.15, 0.2) is 29.8 Å². The first-order valence-electron chi connectivity index (χ1n) is 8.98. The molecule has 2 fully saturated rings. The number of likely N-dealkylation sites (tertiary alicyclic amines) is 1.